The van der Waals surface area contributed by atoms with Gasteiger partial charge in [-0.1, -0.05) is 19.0 Å². The molecular formula is C28H34F2N6O3. The number of nitrogens with zero attached hydrogens (tertiary/aromatic N) is 6. The van der Waals surface area contributed by atoms with Crippen molar-refractivity contribution in [3.63, 3.8) is 0 Å². The zero-order valence-corrected chi connectivity index (χ0v) is 22.6. The second-order valence-corrected chi connectivity index (χ2v) is 10.6. The van der Waals surface area contributed by atoms with Crippen molar-refractivity contribution >= 4 is 11.8 Å². The predicted molar refractivity (Wildman–Crippen MR) is 142 cm³/mol. The molecule has 1 atom stereocenters. The standard InChI is InChI=1S/C28H34F2N6O3/c1-17(2)11-24-34-26(35-39-24)20-15-32-28(33-16-20)36-8-6-19(7-9-36)5-4-10-37-21-12-22(29)25(23(30)13-21)27-31-14-18(3)38-27/h12-13,15-19H,4-11,14H2,1-3H3. The Labute approximate surface area is 226 Å². The maximum Gasteiger partial charge on any atom is 0.227 e. The van der Waals surface area contributed by atoms with Crippen molar-refractivity contribution in [1.82, 2.24) is 20.1 Å². The van der Waals surface area contributed by atoms with E-state index in [0.29, 0.717) is 42.7 Å². The van der Waals surface area contributed by atoms with Gasteiger partial charge in [0.2, 0.25) is 23.6 Å². The normalized spacial score (nSPS) is 17.9. The topological polar surface area (TPSA) is 98.8 Å². The molecule has 0 spiro atoms. The molecule has 1 fully saturated rings. The van der Waals surface area contributed by atoms with Crippen molar-refractivity contribution in [1.29, 1.82) is 0 Å². The number of halogens is 2. The minimum absolute atomic E-state index is 0.0133. The van der Waals surface area contributed by atoms with Crippen molar-refractivity contribution < 1.29 is 22.8 Å². The number of rotatable bonds is 10. The minimum atomic E-state index is -0.728. The van der Waals surface area contributed by atoms with Crippen LogP contribution in [0.3, 0.4) is 0 Å². The van der Waals surface area contributed by atoms with Gasteiger partial charge in [-0.2, -0.15) is 4.98 Å². The highest BCUT2D eigenvalue weighted by Crippen LogP contribution is 2.27. The third kappa shape index (κ3) is 6.69. The third-order valence-corrected chi connectivity index (χ3v) is 6.90. The molecule has 0 radical (unpaired) electrons. The number of aromatic nitrogens is 4. The number of aliphatic imine (C=N–C) groups is 1. The van der Waals surface area contributed by atoms with E-state index in [-0.39, 0.29) is 23.3 Å². The predicted octanol–water partition coefficient (Wildman–Crippen LogP) is 5.24. The molecule has 2 aliphatic rings. The summed E-state index contributed by atoms with van der Waals surface area (Å²) in [6.07, 6.45) is 7.86. The minimum Gasteiger partial charge on any atom is -0.493 e. The zero-order valence-electron chi connectivity index (χ0n) is 22.6. The fraction of sp³-hybridized carbons (Fsp3) is 0.536. The molecule has 3 aromatic rings. The third-order valence-electron chi connectivity index (χ3n) is 6.90. The molecule has 4 heterocycles. The molecule has 2 aliphatic heterocycles. The van der Waals surface area contributed by atoms with Crippen LogP contribution in [0.15, 0.2) is 34.0 Å². The van der Waals surface area contributed by atoms with Gasteiger partial charge < -0.3 is 18.9 Å². The average molecular weight is 541 g/mol. The fourth-order valence-electron chi connectivity index (χ4n) is 4.84. The molecule has 2 aromatic heterocycles. The van der Waals surface area contributed by atoms with Crippen LogP contribution in [0.4, 0.5) is 14.7 Å². The summed E-state index contributed by atoms with van der Waals surface area (Å²) >= 11 is 0. The number of benzene rings is 1. The van der Waals surface area contributed by atoms with Crippen LogP contribution in [0.5, 0.6) is 5.75 Å². The number of hydrogen-bond donors (Lipinski definition) is 0. The van der Waals surface area contributed by atoms with Crippen molar-refractivity contribution in [2.75, 3.05) is 31.1 Å². The van der Waals surface area contributed by atoms with Crippen molar-refractivity contribution in [2.24, 2.45) is 16.8 Å². The highest BCUT2D eigenvalue weighted by molar-refractivity contribution is 5.95. The first-order valence-corrected chi connectivity index (χ1v) is 13.6. The van der Waals surface area contributed by atoms with E-state index in [4.69, 9.17) is 14.0 Å². The maximum atomic E-state index is 14.5. The average Bonchev–Trinajstić information content (AvgIpc) is 3.55. The second kappa shape index (κ2) is 12.0. The fourth-order valence-corrected chi connectivity index (χ4v) is 4.84. The Kier molecular flexibility index (Phi) is 8.33. The summed E-state index contributed by atoms with van der Waals surface area (Å²) < 4.78 is 45.4. The van der Waals surface area contributed by atoms with Crippen LogP contribution in [-0.2, 0) is 11.2 Å². The van der Waals surface area contributed by atoms with E-state index in [1.807, 2.05) is 0 Å². The maximum absolute atomic E-state index is 14.5. The Morgan fingerprint density at radius 3 is 2.46 bits per heavy atom. The van der Waals surface area contributed by atoms with E-state index in [9.17, 15) is 8.78 Å². The van der Waals surface area contributed by atoms with Crippen molar-refractivity contribution in [2.45, 2.75) is 59.0 Å². The molecule has 1 aromatic carbocycles. The molecule has 0 amide bonds. The Balaban J connectivity index is 1.05. The Morgan fingerprint density at radius 1 is 1.10 bits per heavy atom. The summed E-state index contributed by atoms with van der Waals surface area (Å²) in [5.41, 5.74) is 0.500. The van der Waals surface area contributed by atoms with Crippen LogP contribution in [-0.4, -0.2) is 58.4 Å². The van der Waals surface area contributed by atoms with Gasteiger partial charge in [-0.15, -0.1) is 0 Å². The van der Waals surface area contributed by atoms with E-state index in [2.05, 4.69) is 43.8 Å². The van der Waals surface area contributed by atoms with E-state index < -0.39 is 11.6 Å². The lowest BCUT2D eigenvalue weighted by Gasteiger charge is -2.32. The number of ether oxygens (including phenoxy) is 2. The molecule has 1 unspecified atom stereocenters. The van der Waals surface area contributed by atoms with Crippen LogP contribution in [0, 0.1) is 23.5 Å². The number of hydrogen-bond acceptors (Lipinski definition) is 9. The van der Waals surface area contributed by atoms with Crippen molar-refractivity contribution in [3.8, 4) is 17.1 Å². The van der Waals surface area contributed by atoms with Gasteiger partial charge in [0.05, 0.1) is 18.7 Å². The van der Waals surface area contributed by atoms with E-state index in [1.165, 1.54) is 12.1 Å². The van der Waals surface area contributed by atoms with Crippen LogP contribution >= 0.6 is 0 Å². The van der Waals surface area contributed by atoms with Crippen LogP contribution in [0.2, 0.25) is 0 Å². The molecule has 0 saturated carbocycles. The Morgan fingerprint density at radius 2 is 1.82 bits per heavy atom. The summed E-state index contributed by atoms with van der Waals surface area (Å²) in [6.45, 7) is 8.54. The molecule has 0 aliphatic carbocycles. The monoisotopic (exact) mass is 540 g/mol. The SMILES string of the molecule is CC(C)Cc1nc(-c2cnc(N3CCC(CCCOc4cc(F)c(C5=NCC(C)O5)c(F)c4)CC3)nc2)no1. The highest BCUT2D eigenvalue weighted by Gasteiger charge is 2.25. The quantitative estimate of drug-likeness (QED) is 0.322. The first-order valence-electron chi connectivity index (χ1n) is 13.6. The highest BCUT2D eigenvalue weighted by atomic mass is 19.1. The van der Waals surface area contributed by atoms with E-state index in [0.717, 1.165) is 50.8 Å². The molecule has 0 N–H and O–H groups in total. The largest absolute Gasteiger partial charge is 0.493 e. The Hall–Kier alpha value is -3.63. The van der Waals surface area contributed by atoms with Gasteiger partial charge in [0.15, 0.2) is 0 Å². The number of anilines is 1. The van der Waals surface area contributed by atoms with Gasteiger partial charge in [0.1, 0.15) is 29.1 Å². The van der Waals surface area contributed by atoms with Gasteiger partial charge in [-0.3, -0.25) is 0 Å². The molecule has 11 heteroatoms. The van der Waals surface area contributed by atoms with Crippen LogP contribution in [0.25, 0.3) is 11.4 Å². The molecule has 208 valence electrons. The summed E-state index contributed by atoms with van der Waals surface area (Å²) in [5, 5.41) is 4.04. The molecule has 0 bridgehead atoms. The first-order chi connectivity index (χ1) is 18.9. The van der Waals surface area contributed by atoms with E-state index in [1.54, 1.807) is 19.3 Å². The van der Waals surface area contributed by atoms with Gasteiger partial charge >= 0.3 is 0 Å². The van der Waals surface area contributed by atoms with Crippen molar-refractivity contribution in [3.05, 3.63) is 47.6 Å². The summed E-state index contributed by atoms with van der Waals surface area (Å²) in [6, 6.07) is 2.39. The second-order valence-electron chi connectivity index (χ2n) is 10.6. The molecular weight excluding hydrogens is 506 g/mol. The lowest BCUT2D eigenvalue weighted by Crippen LogP contribution is -2.34. The van der Waals surface area contributed by atoms with Gasteiger partial charge in [0.25, 0.3) is 0 Å². The molecule has 5 rings (SSSR count). The van der Waals surface area contributed by atoms with Crippen LogP contribution in [0.1, 0.15) is 57.9 Å². The zero-order chi connectivity index (χ0) is 27.4. The summed E-state index contributed by atoms with van der Waals surface area (Å²) in [4.78, 5) is 19.7. The first kappa shape index (κ1) is 27.0. The lowest BCUT2D eigenvalue weighted by molar-refractivity contribution is 0.244. The molecule has 39 heavy (non-hydrogen) atoms. The lowest BCUT2D eigenvalue weighted by atomic mass is 9.92. The van der Waals surface area contributed by atoms with Gasteiger partial charge in [-0.05, 0) is 44.4 Å². The number of piperidine rings is 1. The van der Waals surface area contributed by atoms with E-state index >= 15 is 0 Å². The molecule has 9 nitrogen and oxygen atoms in total. The Bertz CT molecular complexity index is 1270. The summed E-state index contributed by atoms with van der Waals surface area (Å²) in [5.74, 6) is 1.55. The van der Waals surface area contributed by atoms with Crippen LogP contribution < -0.4 is 9.64 Å². The van der Waals surface area contributed by atoms with Gasteiger partial charge in [-0.25, -0.2) is 23.7 Å². The molecule has 1 saturated heterocycles. The summed E-state index contributed by atoms with van der Waals surface area (Å²) in [7, 11) is 0. The van der Waals surface area contributed by atoms with Gasteiger partial charge in [0, 0.05) is 44.0 Å². The smallest absolute Gasteiger partial charge is 0.227 e.